The molecule has 2 rings (SSSR count). The maximum atomic E-state index is 5.39. The van der Waals surface area contributed by atoms with Gasteiger partial charge in [-0.3, -0.25) is 4.90 Å². The van der Waals surface area contributed by atoms with Gasteiger partial charge in [-0.05, 0) is 19.8 Å². The molecule has 0 aromatic carbocycles. The fourth-order valence-electron chi connectivity index (χ4n) is 2.35. The van der Waals surface area contributed by atoms with Gasteiger partial charge in [0.15, 0.2) is 0 Å². The molecular formula is C11H18N2. The van der Waals surface area contributed by atoms with Gasteiger partial charge >= 0.3 is 0 Å². The minimum absolute atomic E-state index is 0.648. The first-order valence-corrected chi connectivity index (χ1v) is 5.28. The first kappa shape index (κ1) is 8.90. The molecule has 0 bridgehead atoms. The summed E-state index contributed by atoms with van der Waals surface area (Å²) in [6.45, 7) is 5.56. The summed E-state index contributed by atoms with van der Waals surface area (Å²) >= 11 is 0. The smallest absolute Gasteiger partial charge is 0.0414 e. The van der Waals surface area contributed by atoms with Gasteiger partial charge in [-0.25, -0.2) is 0 Å². The predicted molar refractivity (Wildman–Crippen MR) is 54.2 cm³/mol. The molecule has 1 heterocycles. The molecule has 2 nitrogen and oxygen atoms in total. The van der Waals surface area contributed by atoms with Crippen LogP contribution >= 0.6 is 0 Å². The Balaban J connectivity index is 1.89. The molecular weight excluding hydrogens is 160 g/mol. The molecule has 72 valence electrons. The predicted octanol–water partition coefficient (Wildman–Crippen LogP) is 1.14. The summed E-state index contributed by atoms with van der Waals surface area (Å²) in [6.07, 6.45) is 9.62. The summed E-state index contributed by atoms with van der Waals surface area (Å²) in [5.41, 5.74) is 0. The van der Waals surface area contributed by atoms with Crippen molar-refractivity contribution in [2.45, 2.75) is 38.3 Å². The van der Waals surface area contributed by atoms with Crippen molar-refractivity contribution in [3.8, 4) is 12.5 Å². The molecule has 2 aliphatic rings. The van der Waals surface area contributed by atoms with Crippen LogP contribution in [0, 0.1) is 12.5 Å². The Morgan fingerprint density at radius 1 is 1.31 bits per heavy atom. The molecule has 0 spiro atoms. The lowest BCUT2D eigenvalue weighted by atomic mass is 9.90. The molecule has 13 heavy (non-hydrogen) atoms. The lowest BCUT2D eigenvalue weighted by molar-refractivity contribution is 0.0387. The van der Waals surface area contributed by atoms with Crippen LogP contribution in [0.4, 0.5) is 0 Å². The SMILES string of the molecule is C#CN1CCN(C2CCC2)[C@H](C)C1. The van der Waals surface area contributed by atoms with Crippen LogP contribution in [0.2, 0.25) is 0 Å². The lowest BCUT2D eigenvalue weighted by Gasteiger charge is -2.46. The van der Waals surface area contributed by atoms with Crippen molar-refractivity contribution in [3.63, 3.8) is 0 Å². The second-order valence-corrected chi connectivity index (χ2v) is 4.25. The normalized spacial score (nSPS) is 31.1. The molecule has 0 aromatic rings. The number of nitrogens with zero attached hydrogens (tertiary/aromatic N) is 2. The third-order valence-corrected chi connectivity index (χ3v) is 3.41. The third-order valence-electron chi connectivity index (χ3n) is 3.41. The van der Waals surface area contributed by atoms with E-state index in [9.17, 15) is 0 Å². The van der Waals surface area contributed by atoms with E-state index in [0.29, 0.717) is 6.04 Å². The Labute approximate surface area is 80.9 Å². The van der Waals surface area contributed by atoms with Crippen LogP contribution in [-0.4, -0.2) is 41.5 Å². The van der Waals surface area contributed by atoms with E-state index in [0.717, 1.165) is 25.7 Å². The van der Waals surface area contributed by atoms with Crippen molar-refractivity contribution in [1.82, 2.24) is 9.80 Å². The van der Waals surface area contributed by atoms with Gasteiger partial charge in [-0.15, -0.1) is 0 Å². The van der Waals surface area contributed by atoms with Gasteiger partial charge in [-0.2, -0.15) is 0 Å². The molecule has 1 atom stereocenters. The van der Waals surface area contributed by atoms with Crippen LogP contribution in [0.5, 0.6) is 0 Å². The van der Waals surface area contributed by atoms with Gasteiger partial charge < -0.3 is 4.90 Å². The van der Waals surface area contributed by atoms with Crippen molar-refractivity contribution < 1.29 is 0 Å². The molecule has 1 saturated carbocycles. The average molecular weight is 178 g/mol. The molecule has 0 radical (unpaired) electrons. The second-order valence-electron chi connectivity index (χ2n) is 4.25. The van der Waals surface area contributed by atoms with E-state index in [1.165, 1.54) is 19.3 Å². The highest BCUT2D eigenvalue weighted by atomic mass is 15.3. The van der Waals surface area contributed by atoms with E-state index >= 15 is 0 Å². The first-order chi connectivity index (χ1) is 6.31. The van der Waals surface area contributed by atoms with Gasteiger partial charge in [-0.1, -0.05) is 12.8 Å². The minimum Gasteiger partial charge on any atom is -0.330 e. The van der Waals surface area contributed by atoms with Crippen molar-refractivity contribution in [2.24, 2.45) is 0 Å². The third kappa shape index (κ3) is 1.66. The monoisotopic (exact) mass is 178 g/mol. The maximum absolute atomic E-state index is 5.39. The van der Waals surface area contributed by atoms with E-state index < -0.39 is 0 Å². The summed E-state index contributed by atoms with van der Waals surface area (Å²) in [7, 11) is 0. The van der Waals surface area contributed by atoms with Crippen LogP contribution in [0.15, 0.2) is 0 Å². The minimum atomic E-state index is 0.648. The number of hydrogen-bond donors (Lipinski definition) is 0. The zero-order valence-corrected chi connectivity index (χ0v) is 8.37. The zero-order valence-electron chi connectivity index (χ0n) is 8.37. The number of hydrogen-bond acceptors (Lipinski definition) is 2. The van der Waals surface area contributed by atoms with E-state index in [4.69, 9.17) is 6.42 Å². The van der Waals surface area contributed by atoms with E-state index in [1.807, 2.05) is 0 Å². The maximum Gasteiger partial charge on any atom is 0.0414 e. The first-order valence-electron chi connectivity index (χ1n) is 5.28. The Hall–Kier alpha value is -0.680. The quantitative estimate of drug-likeness (QED) is 0.555. The van der Waals surface area contributed by atoms with Gasteiger partial charge in [0.25, 0.3) is 0 Å². The van der Waals surface area contributed by atoms with Crippen molar-refractivity contribution in [1.29, 1.82) is 0 Å². The van der Waals surface area contributed by atoms with E-state index in [-0.39, 0.29) is 0 Å². The Bertz CT molecular complexity index is 215. The van der Waals surface area contributed by atoms with Crippen molar-refractivity contribution in [2.75, 3.05) is 19.6 Å². The van der Waals surface area contributed by atoms with Crippen LogP contribution in [-0.2, 0) is 0 Å². The van der Waals surface area contributed by atoms with Gasteiger partial charge in [0.1, 0.15) is 0 Å². The van der Waals surface area contributed by atoms with Crippen LogP contribution in [0.1, 0.15) is 26.2 Å². The number of piperazine rings is 1. The molecule has 0 unspecified atom stereocenters. The van der Waals surface area contributed by atoms with E-state index in [2.05, 4.69) is 22.8 Å². The van der Waals surface area contributed by atoms with Gasteiger partial charge in [0.05, 0.1) is 0 Å². The topological polar surface area (TPSA) is 6.48 Å². The largest absolute Gasteiger partial charge is 0.330 e. The summed E-state index contributed by atoms with van der Waals surface area (Å²) < 4.78 is 0. The molecule has 0 aromatic heterocycles. The van der Waals surface area contributed by atoms with Crippen molar-refractivity contribution >= 4 is 0 Å². The highest BCUT2D eigenvalue weighted by Gasteiger charge is 2.31. The summed E-state index contributed by atoms with van der Waals surface area (Å²) in [4.78, 5) is 4.73. The Kier molecular flexibility index (Phi) is 2.46. The standard InChI is InChI=1S/C11H18N2/c1-3-12-7-8-13(10(2)9-12)11-5-4-6-11/h1,10-11H,4-9H2,2H3/t10-/m1/s1. The van der Waals surface area contributed by atoms with Crippen LogP contribution < -0.4 is 0 Å². The summed E-state index contributed by atoms with van der Waals surface area (Å²) in [5, 5.41) is 0. The number of rotatable bonds is 1. The zero-order chi connectivity index (χ0) is 9.26. The molecule has 2 heteroatoms. The van der Waals surface area contributed by atoms with Crippen LogP contribution in [0.25, 0.3) is 0 Å². The Morgan fingerprint density at radius 2 is 2.08 bits per heavy atom. The highest BCUT2D eigenvalue weighted by molar-refractivity contribution is 4.94. The number of terminal acetylenes is 1. The molecule has 0 N–H and O–H groups in total. The summed E-state index contributed by atoms with van der Waals surface area (Å²) in [5.74, 6) is 0. The molecule has 1 aliphatic carbocycles. The van der Waals surface area contributed by atoms with E-state index in [1.54, 1.807) is 0 Å². The molecule has 2 fully saturated rings. The molecule has 1 aliphatic heterocycles. The second kappa shape index (κ2) is 3.59. The fraction of sp³-hybridized carbons (Fsp3) is 0.818. The Morgan fingerprint density at radius 3 is 2.54 bits per heavy atom. The highest BCUT2D eigenvalue weighted by Crippen LogP contribution is 2.27. The van der Waals surface area contributed by atoms with Gasteiger partial charge in [0, 0.05) is 37.8 Å². The lowest BCUT2D eigenvalue weighted by Crippen LogP contribution is -2.55. The molecule has 0 amide bonds. The fourth-order valence-corrected chi connectivity index (χ4v) is 2.35. The molecule has 1 saturated heterocycles. The van der Waals surface area contributed by atoms with Gasteiger partial charge in [0.2, 0.25) is 0 Å². The van der Waals surface area contributed by atoms with Crippen molar-refractivity contribution in [3.05, 3.63) is 0 Å². The summed E-state index contributed by atoms with van der Waals surface area (Å²) in [6, 6.07) is 4.26. The average Bonchev–Trinajstić information content (AvgIpc) is 2.05. The van der Waals surface area contributed by atoms with Crippen LogP contribution in [0.3, 0.4) is 0 Å².